The van der Waals surface area contributed by atoms with Crippen LogP contribution in [0.3, 0.4) is 0 Å². The Bertz CT molecular complexity index is 1620. The zero-order valence-corrected chi connectivity index (χ0v) is 35.5. The first-order valence-corrected chi connectivity index (χ1v) is 20.8. The Kier molecular flexibility index (Phi) is 10.7. The molecule has 5 N–H and O–H groups in total. The van der Waals surface area contributed by atoms with E-state index < -0.39 is 22.7 Å². The average Bonchev–Trinajstić information content (AvgIpc) is 3.59. The summed E-state index contributed by atoms with van der Waals surface area (Å²) in [5.41, 5.74) is 4.97. The normalized spacial score (nSPS) is 40.8. The first-order chi connectivity index (χ1) is 25.1. The molecule has 0 aromatic carbocycles. The molecule has 3 saturated carbocycles. The molecule has 0 spiro atoms. The topological polar surface area (TPSA) is 154 Å². The van der Waals surface area contributed by atoms with Gasteiger partial charge < -0.3 is 30.9 Å². The maximum absolute atomic E-state index is 13.6. The third kappa shape index (κ3) is 5.86. The first kappa shape index (κ1) is 41.3. The maximum Gasteiger partial charge on any atom is 0.307 e. The van der Waals surface area contributed by atoms with Crippen LogP contribution in [0.15, 0.2) is 18.0 Å². The number of allylic oxidation sites excluding steroid dienone is 1. The Balaban J connectivity index is 1.54. The van der Waals surface area contributed by atoms with Crippen molar-refractivity contribution in [3.63, 3.8) is 0 Å². The number of ether oxygens (including phenoxy) is 2. The number of carboxylic acids is 1. The Morgan fingerprint density at radius 1 is 1.09 bits per heavy atom. The summed E-state index contributed by atoms with van der Waals surface area (Å²) in [6.45, 7) is 27.3. The van der Waals surface area contributed by atoms with Crippen molar-refractivity contribution in [2.24, 2.45) is 67.8 Å². The average molecular weight is 753 g/mol. The molecule has 6 rings (SSSR count). The van der Waals surface area contributed by atoms with E-state index in [1.807, 2.05) is 11.7 Å². The van der Waals surface area contributed by atoms with Crippen LogP contribution < -0.4 is 16.4 Å². The fourth-order valence-corrected chi connectivity index (χ4v) is 12.9. The van der Waals surface area contributed by atoms with Crippen molar-refractivity contribution in [1.82, 2.24) is 25.4 Å². The molecule has 1 amide bonds. The number of amides is 1. The van der Waals surface area contributed by atoms with Gasteiger partial charge in [-0.3, -0.25) is 9.59 Å². The summed E-state index contributed by atoms with van der Waals surface area (Å²) < 4.78 is 16.1. The van der Waals surface area contributed by atoms with Crippen molar-refractivity contribution in [2.45, 2.75) is 132 Å². The smallest absolute Gasteiger partial charge is 0.307 e. The summed E-state index contributed by atoms with van der Waals surface area (Å²) in [5.74, 6) is -0.0349. The highest BCUT2D eigenvalue weighted by atomic mass is 16.5. The fourth-order valence-electron chi connectivity index (χ4n) is 12.9. The number of fused-ring (bicyclic) bond motifs is 3. The van der Waals surface area contributed by atoms with E-state index in [-0.39, 0.29) is 68.8 Å². The molecule has 1 aromatic rings. The molecule has 11 heteroatoms. The molecule has 4 aliphatic carbocycles. The maximum atomic E-state index is 13.6. The second-order valence-electron chi connectivity index (χ2n) is 20.8. The number of aromatic nitrogens is 3. The van der Waals surface area contributed by atoms with Crippen LogP contribution >= 0.6 is 0 Å². The summed E-state index contributed by atoms with van der Waals surface area (Å²) in [6.07, 6.45) is 8.90. The van der Waals surface area contributed by atoms with Gasteiger partial charge in [-0.1, -0.05) is 80.9 Å². The summed E-state index contributed by atoms with van der Waals surface area (Å²) >= 11 is 0. The Morgan fingerprint density at radius 3 is 2.41 bits per heavy atom. The minimum atomic E-state index is -0.658. The predicted octanol–water partition coefficient (Wildman–Crippen LogP) is 6.51. The zero-order valence-electron chi connectivity index (χ0n) is 35.5. The van der Waals surface area contributed by atoms with E-state index in [4.69, 9.17) is 20.3 Å². The number of carboxylic acid groups (broad SMARTS) is 1. The molecule has 1 aromatic heterocycles. The van der Waals surface area contributed by atoms with Crippen molar-refractivity contribution in [3.05, 3.63) is 23.8 Å². The van der Waals surface area contributed by atoms with Crippen LogP contribution in [-0.4, -0.2) is 83.3 Å². The molecule has 2 heterocycles. The van der Waals surface area contributed by atoms with Crippen molar-refractivity contribution in [3.8, 4) is 0 Å². The highest BCUT2D eigenvalue weighted by Gasteiger charge is 2.73. The Morgan fingerprint density at radius 2 is 1.80 bits per heavy atom. The van der Waals surface area contributed by atoms with Crippen molar-refractivity contribution < 1.29 is 24.2 Å². The number of nitrogens with two attached hydrogens (primary N) is 1. The number of nitrogens with zero attached hydrogens (tertiary/aromatic N) is 3. The number of hydrogen-bond acceptors (Lipinski definition) is 8. The summed E-state index contributed by atoms with van der Waals surface area (Å²) in [4.78, 5) is 31.8. The molecule has 2 bridgehead atoms. The molecule has 1 saturated heterocycles. The number of aliphatic carboxylic acids is 1. The molecule has 5 aliphatic rings. The molecule has 304 valence electrons. The number of carbonyl (C=O) groups is 2. The van der Waals surface area contributed by atoms with E-state index >= 15 is 0 Å². The monoisotopic (exact) mass is 753 g/mol. The predicted molar refractivity (Wildman–Crippen MR) is 211 cm³/mol. The molecule has 1 aliphatic heterocycles. The van der Waals surface area contributed by atoms with Gasteiger partial charge in [-0.2, -0.15) is 5.10 Å². The highest BCUT2D eigenvalue weighted by molar-refractivity contribution is 5.90. The molecule has 54 heavy (non-hydrogen) atoms. The lowest BCUT2D eigenvalue weighted by molar-refractivity contribution is -0.256. The molecule has 0 radical (unpaired) electrons. The Hall–Kier alpha value is -2.34. The fraction of sp³-hybridized carbons (Fsp3) is 0.860. The van der Waals surface area contributed by atoms with Gasteiger partial charge in [-0.05, 0) is 103 Å². The summed E-state index contributed by atoms with van der Waals surface area (Å²) in [6, 6.07) is -0.286. The van der Waals surface area contributed by atoms with Gasteiger partial charge in [0.2, 0.25) is 5.82 Å². The van der Waals surface area contributed by atoms with E-state index in [9.17, 15) is 14.7 Å². The van der Waals surface area contributed by atoms with Gasteiger partial charge in [-0.15, -0.1) is 0 Å². The standard InChI is InChI=1S/C43H72N6O5/c1-26(2)27(3)39(8)17-18-40(9)28-13-14-31-38(7)21-30(49-34(47-25-48-49)35(50)46-20-19-44)33(54-23-42(11,45-12)37(4,5)6)43(31,24-53-22-38)29(28)15-16-41(40,10)32(39)36(51)52/h15,25-28,30-33,45H,13-14,16-24,44H2,1-12H3,(H,46,50)(H,51,52)/t27-,28+,30-,31-,32-,33+,38-,39-,40-,41+,42+,43+/m1/s1. The molecule has 4 fully saturated rings. The van der Waals surface area contributed by atoms with Gasteiger partial charge in [0.05, 0.1) is 37.9 Å². The van der Waals surface area contributed by atoms with Gasteiger partial charge in [0.25, 0.3) is 5.91 Å². The lowest BCUT2D eigenvalue weighted by Crippen LogP contribution is -2.70. The number of nitrogens with one attached hydrogen (secondary N) is 2. The lowest BCUT2D eigenvalue weighted by atomic mass is 9.34. The van der Waals surface area contributed by atoms with Gasteiger partial charge >= 0.3 is 5.97 Å². The SMILES string of the molecule is CN[C@@](C)(CO[C@H]1[C@H](n2ncnc2C(=O)NCCN)C[C@]2(C)COC[C@@]13C1=CC[C@@]4(C)[C@H](C(=O)O)[C@@](C)([C@H](C)C(C)C)CC[C@]4(C)[C@H]1CC[C@H]23)C(C)(C)C. The zero-order chi connectivity index (χ0) is 39.9. The molecule has 12 atom stereocenters. The van der Waals surface area contributed by atoms with Crippen LogP contribution in [0.5, 0.6) is 0 Å². The molecular weight excluding hydrogens is 681 g/mol. The van der Waals surface area contributed by atoms with Crippen LogP contribution in [0.2, 0.25) is 0 Å². The van der Waals surface area contributed by atoms with Gasteiger partial charge in [-0.25, -0.2) is 9.67 Å². The van der Waals surface area contributed by atoms with Crippen LogP contribution in [0.1, 0.15) is 131 Å². The largest absolute Gasteiger partial charge is 0.481 e. The van der Waals surface area contributed by atoms with E-state index in [1.165, 1.54) is 11.9 Å². The number of hydrogen-bond donors (Lipinski definition) is 4. The van der Waals surface area contributed by atoms with Gasteiger partial charge in [0.15, 0.2) is 0 Å². The van der Waals surface area contributed by atoms with E-state index in [0.29, 0.717) is 45.2 Å². The lowest BCUT2D eigenvalue weighted by Gasteiger charge is -2.71. The Labute approximate surface area is 324 Å². The van der Waals surface area contributed by atoms with E-state index in [1.54, 1.807) is 0 Å². The summed E-state index contributed by atoms with van der Waals surface area (Å²) in [7, 11) is 2.00. The number of rotatable bonds is 11. The number of carbonyl (C=O) groups excluding carboxylic acids is 1. The van der Waals surface area contributed by atoms with Crippen LogP contribution in [0.25, 0.3) is 0 Å². The van der Waals surface area contributed by atoms with Crippen LogP contribution in [0, 0.1) is 62.1 Å². The molecular formula is C43H72N6O5. The van der Waals surface area contributed by atoms with Crippen LogP contribution in [0.4, 0.5) is 0 Å². The first-order valence-electron chi connectivity index (χ1n) is 20.8. The van der Waals surface area contributed by atoms with Crippen molar-refractivity contribution in [2.75, 3.05) is 40.0 Å². The second kappa shape index (κ2) is 13.9. The minimum absolute atomic E-state index is 0.122. The van der Waals surface area contributed by atoms with Crippen molar-refractivity contribution in [1.29, 1.82) is 0 Å². The van der Waals surface area contributed by atoms with Gasteiger partial charge in [0, 0.05) is 24.0 Å². The van der Waals surface area contributed by atoms with Gasteiger partial charge in [0.1, 0.15) is 6.33 Å². The van der Waals surface area contributed by atoms with E-state index in [0.717, 1.165) is 32.1 Å². The molecule has 11 nitrogen and oxygen atoms in total. The van der Waals surface area contributed by atoms with Crippen molar-refractivity contribution >= 4 is 11.9 Å². The van der Waals surface area contributed by atoms with E-state index in [2.05, 4.69) is 97.9 Å². The molecule has 0 unspecified atom stereocenters. The van der Waals surface area contributed by atoms with Crippen LogP contribution in [-0.2, 0) is 14.3 Å². The third-order valence-corrected chi connectivity index (χ3v) is 17.3. The number of likely N-dealkylation sites (N-methyl/N-ethyl adjacent to an activating group) is 1. The minimum Gasteiger partial charge on any atom is -0.481 e. The summed E-state index contributed by atoms with van der Waals surface area (Å²) in [5, 5.41) is 22.5. The second-order valence-corrected chi connectivity index (χ2v) is 20.8. The highest BCUT2D eigenvalue weighted by Crippen LogP contribution is 2.75. The third-order valence-electron chi connectivity index (χ3n) is 17.3. The quantitative estimate of drug-likeness (QED) is 0.186.